The number of pyridine rings is 3. The molecule has 0 fully saturated rings. The van der Waals surface area contributed by atoms with Crippen molar-refractivity contribution >= 4 is 17.0 Å². The maximum atomic E-state index is 11.1. The van der Waals surface area contributed by atoms with E-state index in [1.165, 1.54) is 6.07 Å². The number of rotatable bonds is 2. The van der Waals surface area contributed by atoms with Crippen molar-refractivity contribution in [2.75, 3.05) is 0 Å². The summed E-state index contributed by atoms with van der Waals surface area (Å²) in [6.45, 7) is 3.78. The molecule has 0 aliphatic heterocycles. The van der Waals surface area contributed by atoms with Gasteiger partial charge in [-0.15, -0.1) is 0 Å². The van der Waals surface area contributed by atoms with E-state index >= 15 is 0 Å². The van der Waals surface area contributed by atoms with E-state index in [1.807, 2.05) is 18.2 Å². The summed E-state index contributed by atoms with van der Waals surface area (Å²) in [6.07, 6.45) is 5.09. The summed E-state index contributed by atoms with van der Waals surface area (Å²) in [5, 5.41) is 0.964. The topological polar surface area (TPSA) is 58.6 Å². The van der Waals surface area contributed by atoms with Crippen LogP contribution < -0.4 is 5.56 Å². The normalized spacial score (nSPS) is 10.5. The lowest BCUT2D eigenvalue weighted by Crippen LogP contribution is -2.02. The van der Waals surface area contributed by atoms with Gasteiger partial charge in [0.15, 0.2) is 0 Å². The van der Waals surface area contributed by atoms with Crippen LogP contribution in [-0.4, -0.2) is 15.0 Å². The van der Waals surface area contributed by atoms with Crippen molar-refractivity contribution in [3.63, 3.8) is 0 Å². The van der Waals surface area contributed by atoms with E-state index in [0.717, 1.165) is 27.9 Å². The van der Waals surface area contributed by atoms with Crippen molar-refractivity contribution in [1.82, 2.24) is 15.0 Å². The minimum absolute atomic E-state index is 0.133. The van der Waals surface area contributed by atoms with Crippen LogP contribution in [-0.2, 0) is 0 Å². The van der Waals surface area contributed by atoms with Crippen molar-refractivity contribution in [3.8, 4) is 11.3 Å². The van der Waals surface area contributed by atoms with Gasteiger partial charge in [0.05, 0.1) is 16.9 Å². The highest BCUT2D eigenvalue weighted by Crippen LogP contribution is 2.23. The monoisotopic (exact) mass is 249 g/mol. The lowest BCUT2D eigenvalue weighted by molar-refractivity contribution is 1.22. The van der Waals surface area contributed by atoms with E-state index in [9.17, 15) is 4.79 Å². The Morgan fingerprint density at radius 2 is 2.16 bits per heavy atom. The van der Waals surface area contributed by atoms with Crippen LogP contribution in [0.2, 0.25) is 0 Å². The third-order valence-electron chi connectivity index (χ3n) is 2.90. The zero-order chi connectivity index (χ0) is 13.2. The van der Waals surface area contributed by atoms with Crippen LogP contribution in [0.4, 0.5) is 0 Å². The highest BCUT2D eigenvalue weighted by atomic mass is 16.1. The lowest BCUT2D eigenvalue weighted by atomic mass is 10.1. The van der Waals surface area contributed by atoms with Gasteiger partial charge in [-0.3, -0.25) is 9.78 Å². The third-order valence-corrected chi connectivity index (χ3v) is 2.90. The first-order chi connectivity index (χ1) is 9.28. The Balaban J connectivity index is 2.27. The maximum absolute atomic E-state index is 11.1. The third kappa shape index (κ3) is 2.04. The Hall–Kier alpha value is -2.75. The lowest BCUT2D eigenvalue weighted by Gasteiger charge is -2.05. The van der Waals surface area contributed by atoms with Crippen molar-refractivity contribution in [2.24, 2.45) is 0 Å². The SMILES string of the molecule is C=Cc1nc(-c2ccc(=O)[nH]c2)cc2ncccc12. The molecule has 4 heteroatoms. The average Bonchev–Trinajstić information content (AvgIpc) is 2.47. The molecule has 0 unspecified atom stereocenters. The van der Waals surface area contributed by atoms with Crippen LogP contribution in [0.3, 0.4) is 0 Å². The molecular formula is C15H11N3O. The number of aromatic nitrogens is 3. The van der Waals surface area contributed by atoms with Gasteiger partial charge in [-0.05, 0) is 30.3 Å². The van der Waals surface area contributed by atoms with Crippen LogP contribution in [0.1, 0.15) is 5.69 Å². The molecule has 0 spiro atoms. The van der Waals surface area contributed by atoms with Crippen molar-refractivity contribution < 1.29 is 0 Å². The maximum Gasteiger partial charge on any atom is 0.247 e. The second-order valence-electron chi connectivity index (χ2n) is 4.11. The van der Waals surface area contributed by atoms with Crippen LogP contribution >= 0.6 is 0 Å². The highest BCUT2D eigenvalue weighted by molar-refractivity contribution is 5.88. The first kappa shape index (κ1) is 11.3. The van der Waals surface area contributed by atoms with E-state index in [2.05, 4.69) is 21.5 Å². The molecule has 0 aliphatic carbocycles. The molecule has 0 saturated heterocycles. The zero-order valence-electron chi connectivity index (χ0n) is 10.1. The summed E-state index contributed by atoms with van der Waals surface area (Å²) in [5.41, 5.74) is 3.11. The molecule has 0 bridgehead atoms. The van der Waals surface area contributed by atoms with Crippen LogP contribution in [0.5, 0.6) is 0 Å². The smallest absolute Gasteiger partial charge is 0.247 e. The van der Waals surface area contributed by atoms with E-state index in [-0.39, 0.29) is 5.56 Å². The van der Waals surface area contributed by atoms with E-state index in [0.29, 0.717) is 0 Å². The van der Waals surface area contributed by atoms with E-state index in [1.54, 1.807) is 24.5 Å². The van der Waals surface area contributed by atoms with Crippen molar-refractivity contribution in [1.29, 1.82) is 0 Å². The average molecular weight is 249 g/mol. The summed E-state index contributed by atoms with van der Waals surface area (Å²) in [7, 11) is 0. The molecule has 0 saturated carbocycles. The molecule has 0 amide bonds. The largest absolute Gasteiger partial charge is 0.328 e. The molecule has 0 aromatic carbocycles. The quantitative estimate of drug-likeness (QED) is 0.759. The number of hydrogen-bond acceptors (Lipinski definition) is 3. The summed E-state index contributed by atoms with van der Waals surface area (Å²) in [6, 6.07) is 8.95. The Morgan fingerprint density at radius 1 is 1.26 bits per heavy atom. The van der Waals surface area contributed by atoms with Gasteiger partial charge in [-0.1, -0.05) is 6.58 Å². The molecule has 19 heavy (non-hydrogen) atoms. The van der Waals surface area contributed by atoms with Crippen LogP contribution in [0.15, 0.2) is 54.1 Å². The van der Waals surface area contributed by atoms with Gasteiger partial charge in [-0.2, -0.15) is 0 Å². The highest BCUT2D eigenvalue weighted by Gasteiger charge is 2.06. The van der Waals surface area contributed by atoms with Gasteiger partial charge in [0.25, 0.3) is 0 Å². The van der Waals surface area contributed by atoms with Gasteiger partial charge < -0.3 is 4.98 Å². The molecule has 1 N–H and O–H groups in total. The predicted octanol–water partition coefficient (Wildman–Crippen LogP) is 2.63. The Kier molecular flexibility index (Phi) is 2.68. The number of fused-ring (bicyclic) bond motifs is 1. The second-order valence-corrected chi connectivity index (χ2v) is 4.11. The van der Waals surface area contributed by atoms with E-state index in [4.69, 9.17) is 0 Å². The molecular weight excluding hydrogens is 238 g/mol. The Bertz CT molecular complexity index is 800. The number of H-pyrrole nitrogens is 1. The first-order valence-electron chi connectivity index (χ1n) is 5.85. The first-order valence-corrected chi connectivity index (χ1v) is 5.85. The zero-order valence-corrected chi connectivity index (χ0v) is 10.1. The van der Waals surface area contributed by atoms with E-state index < -0.39 is 0 Å². The minimum Gasteiger partial charge on any atom is -0.328 e. The van der Waals surface area contributed by atoms with Crippen LogP contribution in [0, 0.1) is 0 Å². The Morgan fingerprint density at radius 3 is 2.89 bits per heavy atom. The number of aromatic amines is 1. The van der Waals surface area contributed by atoms with Crippen molar-refractivity contribution in [3.05, 3.63) is 65.4 Å². The summed E-state index contributed by atoms with van der Waals surface area (Å²) < 4.78 is 0. The molecule has 3 heterocycles. The summed E-state index contributed by atoms with van der Waals surface area (Å²) in [5.74, 6) is 0. The molecule has 3 aromatic heterocycles. The van der Waals surface area contributed by atoms with Gasteiger partial charge in [0.2, 0.25) is 5.56 Å². The predicted molar refractivity (Wildman–Crippen MR) is 75.7 cm³/mol. The Labute approximate surface area is 109 Å². The van der Waals surface area contributed by atoms with Crippen molar-refractivity contribution in [2.45, 2.75) is 0 Å². The van der Waals surface area contributed by atoms with Crippen LogP contribution in [0.25, 0.3) is 28.2 Å². The number of nitrogens with one attached hydrogen (secondary N) is 1. The molecule has 3 aromatic rings. The molecule has 4 nitrogen and oxygen atoms in total. The fourth-order valence-electron chi connectivity index (χ4n) is 1.97. The van der Waals surface area contributed by atoms with Gasteiger partial charge in [0.1, 0.15) is 0 Å². The number of hydrogen-bond donors (Lipinski definition) is 1. The molecule has 0 radical (unpaired) electrons. The molecule has 92 valence electrons. The molecule has 3 rings (SSSR count). The fraction of sp³-hybridized carbons (Fsp3) is 0. The second kappa shape index (κ2) is 4.49. The standard InChI is InChI=1S/C15H11N3O/c1-2-12-11-4-3-7-16-14(11)8-13(18-12)10-5-6-15(19)17-9-10/h2-9H,1H2,(H,17,19). The summed E-state index contributed by atoms with van der Waals surface area (Å²) >= 11 is 0. The molecule has 0 atom stereocenters. The minimum atomic E-state index is -0.133. The van der Waals surface area contributed by atoms with Gasteiger partial charge in [0, 0.05) is 29.4 Å². The van der Waals surface area contributed by atoms with Gasteiger partial charge >= 0.3 is 0 Å². The number of nitrogens with zero attached hydrogens (tertiary/aromatic N) is 2. The van der Waals surface area contributed by atoms with Gasteiger partial charge in [-0.25, -0.2) is 4.98 Å². The fourth-order valence-corrected chi connectivity index (χ4v) is 1.97. The molecule has 0 aliphatic rings. The summed E-state index contributed by atoms with van der Waals surface area (Å²) in [4.78, 5) is 22.6.